The number of fused-ring (bicyclic) bond motifs is 1. The lowest BCUT2D eigenvalue weighted by Crippen LogP contribution is -2.03. The molecule has 1 aromatic carbocycles. The Kier molecular flexibility index (Phi) is 3.52. The molecule has 1 aromatic heterocycles. The van der Waals surface area contributed by atoms with Gasteiger partial charge in [-0.15, -0.1) is 0 Å². The van der Waals surface area contributed by atoms with Gasteiger partial charge < -0.3 is 5.32 Å². The van der Waals surface area contributed by atoms with E-state index in [1.165, 1.54) is 6.20 Å². The van der Waals surface area contributed by atoms with Crippen molar-refractivity contribution in [3.63, 3.8) is 0 Å². The normalized spacial score (nSPS) is 10.8. The van der Waals surface area contributed by atoms with Crippen LogP contribution in [-0.4, -0.2) is 11.5 Å². The lowest BCUT2D eigenvalue weighted by atomic mass is 10.1. The summed E-state index contributed by atoms with van der Waals surface area (Å²) >= 11 is 0. The number of pyridine rings is 1. The number of nitrogens with one attached hydrogen (secondary N) is 1. The predicted molar refractivity (Wildman–Crippen MR) is 65.1 cm³/mol. The first kappa shape index (κ1) is 11.8. The summed E-state index contributed by atoms with van der Waals surface area (Å²) in [6.07, 6.45) is 3.52. The number of nitrogens with zero attached hydrogens (tertiary/aromatic N) is 1. The van der Waals surface area contributed by atoms with Gasteiger partial charge in [-0.25, -0.2) is 8.78 Å². The van der Waals surface area contributed by atoms with Crippen molar-refractivity contribution in [1.82, 2.24) is 4.98 Å². The molecule has 0 radical (unpaired) electrons. The highest BCUT2D eigenvalue weighted by molar-refractivity contribution is 5.91. The fourth-order valence-corrected chi connectivity index (χ4v) is 1.74. The summed E-state index contributed by atoms with van der Waals surface area (Å²) in [5.41, 5.74) is 0.673. The minimum atomic E-state index is -0.499. The molecule has 0 unspecified atom stereocenters. The molecule has 0 aliphatic rings. The molecule has 1 heterocycles. The zero-order valence-corrected chi connectivity index (χ0v) is 9.63. The number of unbranched alkanes of at least 4 members (excludes halogenated alkanes) is 1. The van der Waals surface area contributed by atoms with Crippen LogP contribution in [0.2, 0.25) is 0 Å². The molecule has 2 aromatic rings. The van der Waals surface area contributed by atoms with Gasteiger partial charge >= 0.3 is 0 Å². The van der Waals surface area contributed by atoms with Crippen LogP contribution in [0.15, 0.2) is 24.4 Å². The van der Waals surface area contributed by atoms with Crippen LogP contribution >= 0.6 is 0 Å². The van der Waals surface area contributed by atoms with E-state index in [4.69, 9.17) is 0 Å². The Bertz CT molecular complexity index is 526. The van der Waals surface area contributed by atoms with E-state index in [1.807, 2.05) is 0 Å². The summed E-state index contributed by atoms with van der Waals surface area (Å²) in [4.78, 5) is 3.88. The van der Waals surface area contributed by atoms with Crippen LogP contribution in [0, 0.1) is 11.6 Å². The number of anilines is 1. The van der Waals surface area contributed by atoms with E-state index >= 15 is 0 Å². The topological polar surface area (TPSA) is 24.9 Å². The minimum absolute atomic E-state index is 0.0755. The predicted octanol–water partition coefficient (Wildman–Crippen LogP) is 3.73. The maximum Gasteiger partial charge on any atom is 0.149 e. The number of rotatable bonds is 4. The van der Waals surface area contributed by atoms with Gasteiger partial charge in [-0.3, -0.25) is 4.98 Å². The number of benzene rings is 1. The van der Waals surface area contributed by atoms with Crippen LogP contribution in [0.1, 0.15) is 19.8 Å². The number of aromatic nitrogens is 1. The van der Waals surface area contributed by atoms with Crippen molar-refractivity contribution in [2.45, 2.75) is 19.8 Å². The first-order valence-electron chi connectivity index (χ1n) is 5.70. The van der Waals surface area contributed by atoms with Gasteiger partial charge in [0.1, 0.15) is 17.2 Å². The summed E-state index contributed by atoms with van der Waals surface area (Å²) in [6, 6.07) is 3.89. The van der Waals surface area contributed by atoms with Crippen molar-refractivity contribution < 1.29 is 8.78 Å². The smallest absolute Gasteiger partial charge is 0.149 e. The Morgan fingerprint density at radius 2 is 1.94 bits per heavy atom. The first-order chi connectivity index (χ1) is 8.24. The monoisotopic (exact) mass is 236 g/mol. The van der Waals surface area contributed by atoms with Gasteiger partial charge in [0, 0.05) is 18.4 Å². The molecule has 1 N–H and O–H groups in total. The van der Waals surface area contributed by atoms with E-state index in [-0.39, 0.29) is 10.9 Å². The van der Waals surface area contributed by atoms with Crippen LogP contribution in [0.3, 0.4) is 0 Å². The maximum absolute atomic E-state index is 13.7. The summed E-state index contributed by atoms with van der Waals surface area (Å²) in [7, 11) is 0. The van der Waals surface area contributed by atoms with Crippen molar-refractivity contribution in [2.24, 2.45) is 0 Å². The quantitative estimate of drug-likeness (QED) is 0.818. The van der Waals surface area contributed by atoms with Gasteiger partial charge in [-0.05, 0) is 24.6 Å². The summed E-state index contributed by atoms with van der Waals surface area (Å²) in [5, 5.41) is 3.34. The molecule has 0 saturated carbocycles. The van der Waals surface area contributed by atoms with E-state index in [1.54, 1.807) is 6.07 Å². The maximum atomic E-state index is 13.7. The van der Waals surface area contributed by atoms with Crippen molar-refractivity contribution in [3.05, 3.63) is 36.0 Å². The minimum Gasteiger partial charge on any atom is -0.384 e. The fraction of sp³-hybridized carbons (Fsp3) is 0.308. The van der Waals surface area contributed by atoms with E-state index < -0.39 is 11.6 Å². The lowest BCUT2D eigenvalue weighted by Gasteiger charge is -2.09. The molecule has 90 valence electrons. The molecule has 0 saturated heterocycles. The van der Waals surface area contributed by atoms with Gasteiger partial charge in [-0.2, -0.15) is 0 Å². The third-order valence-electron chi connectivity index (χ3n) is 2.64. The van der Waals surface area contributed by atoms with Crippen LogP contribution in [0.4, 0.5) is 14.5 Å². The highest BCUT2D eigenvalue weighted by atomic mass is 19.1. The van der Waals surface area contributed by atoms with Gasteiger partial charge in [-0.1, -0.05) is 13.3 Å². The summed E-state index contributed by atoms with van der Waals surface area (Å²) in [5.74, 6) is -0.950. The molecule has 0 bridgehead atoms. The lowest BCUT2D eigenvalue weighted by molar-refractivity contribution is 0.615. The molecular formula is C13H14F2N2. The number of halogens is 2. The Labute approximate surface area is 98.7 Å². The molecule has 17 heavy (non-hydrogen) atoms. The largest absolute Gasteiger partial charge is 0.384 e. The van der Waals surface area contributed by atoms with Gasteiger partial charge in [0.25, 0.3) is 0 Å². The second-order valence-electron chi connectivity index (χ2n) is 3.89. The van der Waals surface area contributed by atoms with Crippen LogP contribution in [0.5, 0.6) is 0 Å². The van der Waals surface area contributed by atoms with Crippen LogP contribution in [0.25, 0.3) is 10.9 Å². The van der Waals surface area contributed by atoms with Crippen molar-refractivity contribution in [1.29, 1.82) is 0 Å². The average Bonchev–Trinajstić information content (AvgIpc) is 2.34. The van der Waals surface area contributed by atoms with Crippen molar-refractivity contribution in [3.8, 4) is 0 Å². The van der Waals surface area contributed by atoms with Crippen LogP contribution < -0.4 is 5.32 Å². The Morgan fingerprint density at radius 1 is 1.18 bits per heavy atom. The van der Waals surface area contributed by atoms with E-state index in [0.29, 0.717) is 5.69 Å². The van der Waals surface area contributed by atoms with Crippen molar-refractivity contribution in [2.75, 3.05) is 11.9 Å². The van der Waals surface area contributed by atoms with Crippen LogP contribution in [-0.2, 0) is 0 Å². The molecule has 2 rings (SSSR count). The van der Waals surface area contributed by atoms with E-state index in [9.17, 15) is 8.78 Å². The molecule has 0 spiro atoms. The molecule has 0 atom stereocenters. The Balaban J connectivity index is 2.45. The van der Waals surface area contributed by atoms with Gasteiger partial charge in [0.2, 0.25) is 0 Å². The summed E-state index contributed by atoms with van der Waals surface area (Å²) in [6.45, 7) is 2.82. The fourth-order valence-electron chi connectivity index (χ4n) is 1.74. The second-order valence-corrected chi connectivity index (χ2v) is 3.89. The highest BCUT2D eigenvalue weighted by Gasteiger charge is 2.10. The first-order valence-corrected chi connectivity index (χ1v) is 5.70. The zero-order chi connectivity index (χ0) is 12.3. The van der Waals surface area contributed by atoms with E-state index in [0.717, 1.165) is 31.5 Å². The second kappa shape index (κ2) is 5.08. The summed E-state index contributed by atoms with van der Waals surface area (Å²) < 4.78 is 27.2. The zero-order valence-electron chi connectivity index (χ0n) is 9.63. The molecule has 0 amide bonds. The van der Waals surface area contributed by atoms with Gasteiger partial charge in [0.05, 0.1) is 5.39 Å². The van der Waals surface area contributed by atoms with Gasteiger partial charge in [0.15, 0.2) is 0 Å². The Hall–Kier alpha value is -1.71. The highest BCUT2D eigenvalue weighted by Crippen LogP contribution is 2.26. The Morgan fingerprint density at radius 3 is 2.71 bits per heavy atom. The average molecular weight is 236 g/mol. The van der Waals surface area contributed by atoms with E-state index in [2.05, 4.69) is 17.2 Å². The third kappa shape index (κ3) is 2.35. The molecule has 2 nitrogen and oxygen atoms in total. The SMILES string of the molecule is CCCCNc1ccnc2c(F)ccc(F)c12. The molecular weight excluding hydrogens is 222 g/mol. The molecule has 0 aliphatic carbocycles. The molecule has 0 fully saturated rings. The third-order valence-corrected chi connectivity index (χ3v) is 2.64. The molecule has 0 aliphatic heterocycles. The standard InChI is InChI=1S/C13H14F2N2/c1-2-3-7-16-11-6-8-17-13-10(15)5-4-9(14)12(11)13/h4-6,8H,2-3,7H2,1H3,(H,16,17). The number of hydrogen-bond donors (Lipinski definition) is 1. The number of hydrogen-bond acceptors (Lipinski definition) is 2. The molecule has 4 heteroatoms. The van der Waals surface area contributed by atoms with Crippen molar-refractivity contribution >= 4 is 16.6 Å².